The van der Waals surface area contributed by atoms with Crippen molar-refractivity contribution in [2.24, 2.45) is 11.1 Å². The minimum absolute atomic E-state index is 0.0117. The molecule has 1 amide bonds. The van der Waals surface area contributed by atoms with Gasteiger partial charge in [-0.05, 0) is 36.9 Å². The molecule has 1 aromatic rings. The molecule has 1 aromatic heterocycles. The summed E-state index contributed by atoms with van der Waals surface area (Å²) < 4.78 is 0. The van der Waals surface area contributed by atoms with Crippen LogP contribution in [0.5, 0.6) is 0 Å². The van der Waals surface area contributed by atoms with Gasteiger partial charge in [0.05, 0.1) is 0 Å². The Hall–Kier alpha value is -1.13. The van der Waals surface area contributed by atoms with Crippen LogP contribution in [0.25, 0.3) is 0 Å². The first kappa shape index (κ1) is 14.9. The standard InChI is InChI=1S/C13H20ClN3O/c1-13(2,6-7-15)5-3-12(18)17-10-4-8-16-11(14)9-10/h4,8-9H,3,5-7,15H2,1-2H3,(H,16,17,18). The summed E-state index contributed by atoms with van der Waals surface area (Å²) in [7, 11) is 0. The van der Waals surface area contributed by atoms with Crippen molar-refractivity contribution in [3.63, 3.8) is 0 Å². The monoisotopic (exact) mass is 269 g/mol. The van der Waals surface area contributed by atoms with Crippen LogP contribution in [0.4, 0.5) is 5.69 Å². The Morgan fingerprint density at radius 2 is 2.22 bits per heavy atom. The highest BCUT2D eigenvalue weighted by Crippen LogP contribution is 2.26. The third-order valence-electron chi connectivity index (χ3n) is 2.86. The van der Waals surface area contributed by atoms with E-state index in [2.05, 4.69) is 24.1 Å². The number of nitrogens with one attached hydrogen (secondary N) is 1. The zero-order valence-corrected chi connectivity index (χ0v) is 11.6. The van der Waals surface area contributed by atoms with Crippen molar-refractivity contribution in [1.29, 1.82) is 0 Å². The third kappa shape index (κ3) is 5.47. The molecule has 0 aliphatic carbocycles. The van der Waals surface area contributed by atoms with Gasteiger partial charge in [-0.25, -0.2) is 4.98 Å². The molecule has 0 radical (unpaired) electrons. The van der Waals surface area contributed by atoms with Gasteiger partial charge in [0.2, 0.25) is 5.91 Å². The van der Waals surface area contributed by atoms with E-state index in [0.717, 1.165) is 12.8 Å². The smallest absolute Gasteiger partial charge is 0.224 e. The van der Waals surface area contributed by atoms with Gasteiger partial charge < -0.3 is 11.1 Å². The number of carbonyl (C=O) groups excluding carboxylic acids is 1. The van der Waals surface area contributed by atoms with E-state index in [1.54, 1.807) is 18.3 Å². The second-order valence-corrected chi connectivity index (χ2v) is 5.51. The minimum atomic E-state index is -0.0117. The summed E-state index contributed by atoms with van der Waals surface area (Å²) in [5.41, 5.74) is 6.32. The molecular weight excluding hydrogens is 250 g/mol. The molecule has 0 unspecified atom stereocenters. The second kappa shape index (κ2) is 6.71. The van der Waals surface area contributed by atoms with Crippen LogP contribution >= 0.6 is 11.6 Å². The number of nitrogens with zero attached hydrogens (tertiary/aromatic N) is 1. The Balaban J connectivity index is 2.43. The zero-order valence-electron chi connectivity index (χ0n) is 10.9. The molecule has 0 atom stereocenters. The molecule has 0 saturated carbocycles. The number of pyridine rings is 1. The first-order valence-corrected chi connectivity index (χ1v) is 6.42. The summed E-state index contributed by atoms with van der Waals surface area (Å²) in [6.45, 7) is 4.89. The number of anilines is 1. The quantitative estimate of drug-likeness (QED) is 0.781. The SMILES string of the molecule is CC(C)(CCN)CCC(=O)Nc1ccnc(Cl)c1. The van der Waals surface area contributed by atoms with Gasteiger partial charge in [0.1, 0.15) is 5.15 Å². The van der Waals surface area contributed by atoms with Gasteiger partial charge in [0, 0.05) is 18.3 Å². The summed E-state index contributed by atoms with van der Waals surface area (Å²) in [5, 5.41) is 3.17. The first-order valence-electron chi connectivity index (χ1n) is 6.04. The van der Waals surface area contributed by atoms with E-state index in [1.165, 1.54) is 0 Å². The van der Waals surface area contributed by atoms with Gasteiger partial charge >= 0.3 is 0 Å². The van der Waals surface area contributed by atoms with E-state index in [-0.39, 0.29) is 11.3 Å². The van der Waals surface area contributed by atoms with Crippen LogP contribution in [-0.4, -0.2) is 17.4 Å². The number of nitrogens with two attached hydrogens (primary N) is 1. The summed E-state index contributed by atoms with van der Waals surface area (Å²) >= 11 is 5.74. The molecule has 0 bridgehead atoms. The number of halogens is 1. The van der Waals surface area contributed by atoms with Crippen molar-refractivity contribution in [3.05, 3.63) is 23.5 Å². The number of hydrogen-bond donors (Lipinski definition) is 2. The maximum absolute atomic E-state index is 11.8. The van der Waals surface area contributed by atoms with Gasteiger partial charge in [-0.1, -0.05) is 25.4 Å². The predicted molar refractivity (Wildman–Crippen MR) is 74.6 cm³/mol. The second-order valence-electron chi connectivity index (χ2n) is 5.12. The maximum atomic E-state index is 11.8. The van der Waals surface area contributed by atoms with Gasteiger partial charge in [-0.15, -0.1) is 0 Å². The van der Waals surface area contributed by atoms with Crippen LogP contribution in [0.1, 0.15) is 33.1 Å². The molecule has 5 heteroatoms. The van der Waals surface area contributed by atoms with E-state index in [4.69, 9.17) is 17.3 Å². The summed E-state index contributed by atoms with van der Waals surface area (Å²) in [6, 6.07) is 3.35. The Morgan fingerprint density at radius 3 is 2.83 bits per heavy atom. The molecule has 0 aliphatic heterocycles. The molecule has 0 saturated heterocycles. The first-order chi connectivity index (χ1) is 8.43. The van der Waals surface area contributed by atoms with Crippen LogP contribution in [0.2, 0.25) is 5.15 Å². The molecule has 1 heterocycles. The van der Waals surface area contributed by atoms with Crippen molar-refractivity contribution in [1.82, 2.24) is 4.98 Å². The maximum Gasteiger partial charge on any atom is 0.224 e. The minimum Gasteiger partial charge on any atom is -0.330 e. The summed E-state index contributed by atoms with van der Waals surface area (Å²) in [6.07, 6.45) is 3.78. The zero-order chi connectivity index (χ0) is 13.6. The Labute approximate surface area is 113 Å². The van der Waals surface area contributed by atoms with Crippen molar-refractivity contribution in [2.75, 3.05) is 11.9 Å². The van der Waals surface area contributed by atoms with Crippen LogP contribution in [0, 0.1) is 5.41 Å². The largest absolute Gasteiger partial charge is 0.330 e. The topological polar surface area (TPSA) is 68.0 Å². The molecule has 0 spiro atoms. The molecule has 3 N–H and O–H groups in total. The van der Waals surface area contributed by atoms with Crippen molar-refractivity contribution in [2.45, 2.75) is 33.1 Å². The normalized spacial score (nSPS) is 11.3. The van der Waals surface area contributed by atoms with Crippen molar-refractivity contribution in [3.8, 4) is 0 Å². The van der Waals surface area contributed by atoms with E-state index in [0.29, 0.717) is 23.8 Å². The lowest BCUT2D eigenvalue weighted by molar-refractivity contribution is -0.116. The number of carbonyl (C=O) groups is 1. The predicted octanol–water partition coefficient (Wildman–Crippen LogP) is 2.83. The van der Waals surface area contributed by atoms with Gasteiger partial charge in [0.25, 0.3) is 0 Å². The van der Waals surface area contributed by atoms with Crippen LogP contribution in [-0.2, 0) is 4.79 Å². The molecule has 1 rings (SSSR count). The number of hydrogen-bond acceptors (Lipinski definition) is 3. The lowest BCUT2D eigenvalue weighted by Gasteiger charge is -2.23. The van der Waals surface area contributed by atoms with E-state index in [9.17, 15) is 4.79 Å². The van der Waals surface area contributed by atoms with Crippen molar-refractivity contribution < 1.29 is 4.79 Å². The van der Waals surface area contributed by atoms with Gasteiger partial charge in [0.15, 0.2) is 0 Å². The number of aromatic nitrogens is 1. The molecule has 0 aromatic carbocycles. The lowest BCUT2D eigenvalue weighted by atomic mass is 9.84. The number of amides is 1. The van der Waals surface area contributed by atoms with E-state index in [1.807, 2.05) is 0 Å². The van der Waals surface area contributed by atoms with Gasteiger partial charge in [-0.2, -0.15) is 0 Å². The Bertz CT molecular complexity index is 407. The molecule has 100 valence electrons. The fraction of sp³-hybridized carbons (Fsp3) is 0.538. The summed E-state index contributed by atoms with van der Waals surface area (Å²) in [4.78, 5) is 15.6. The lowest BCUT2D eigenvalue weighted by Crippen LogP contribution is -2.20. The molecular formula is C13H20ClN3O. The van der Waals surface area contributed by atoms with Crippen LogP contribution < -0.4 is 11.1 Å². The molecule has 4 nitrogen and oxygen atoms in total. The summed E-state index contributed by atoms with van der Waals surface area (Å²) in [5.74, 6) is -0.0117. The van der Waals surface area contributed by atoms with Crippen LogP contribution in [0.3, 0.4) is 0 Å². The third-order valence-corrected chi connectivity index (χ3v) is 3.07. The number of rotatable bonds is 6. The fourth-order valence-corrected chi connectivity index (χ4v) is 1.85. The highest BCUT2D eigenvalue weighted by atomic mass is 35.5. The Kier molecular flexibility index (Phi) is 5.56. The highest BCUT2D eigenvalue weighted by Gasteiger charge is 2.18. The molecule has 0 aliphatic rings. The average molecular weight is 270 g/mol. The molecule has 0 fully saturated rings. The van der Waals surface area contributed by atoms with E-state index < -0.39 is 0 Å². The van der Waals surface area contributed by atoms with Gasteiger partial charge in [-0.3, -0.25) is 4.79 Å². The Morgan fingerprint density at radius 1 is 1.50 bits per heavy atom. The average Bonchev–Trinajstić information content (AvgIpc) is 2.26. The molecule has 18 heavy (non-hydrogen) atoms. The van der Waals surface area contributed by atoms with Crippen LogP contribution in [0.15, 0.2) is 18.3 Å². The van der Waals surface area contributed by atoms with E-state index >= 15 is 0 Å². The van der Waals surface area contributed by atoms with Crippen molar-refractivity contribution >= 4 is 23.2 Å². The fourth-order valence-electron chi connectivity index (χ4n) is 1.67. The highest BCUT2D eigenvalue weighted by molar-refractivity contribution is 6.29.